The Morgan fingerprint density at radius 1 is 1.22 bits per heavy atom. The van der Waals surface area contributed by atoms with Crippen molar-refractivity contribution in [3.8, 4) is 0 Å². The number of hydrogen-bond acceptors (Lipinski definition) is 4. The summed E-state index contributed by atoms with van der Waals surface area (Å²) >= 11 is 5.79. The molecule has 122 valence electrons. The molecule has 0 aliphatic carbocycles. The molecule has 0 unspecified atom stereocenters. The van der Waals surface area contributed by atoms with E-state index in [-0.39, 0.29) is 27.8 Å². The van der Waals surface area contributed by atoms with Crippen LogP contribution in [0.3, 0.4) is 0 Å². The Hall–Kier alpha value is -2.12. The molecule has 0 aliphatic rings. The van der Waals surface area contributed by atoms with Crippen molar-refractivity contribution in [1.29, 1.82) is 0 Å². The van der Waals surface area contributed by atoms with Gasteiger partial charge in [0.25, 0.3) is 15.7 Å². The van der Waals surface area contributed by atoms with Crippen molar-refractivity contribution in [2.75, 3.05) is 10.8 Å². The normalized spacial score (nSPS) is 11.3. The number of nitro benzene ring substituents is 1. The summed E-state index contributed by atoms with van der Waals surface area (Å²) in [5.74, 6) is 0. The first kappa shape index (κ1) is 17.2. The molecule has 0 N–H and O–H groups in total. The van der Waals surface area contributed by atoms with E-state index in [1.807, 2.05) is 0 Å². The van der Waals surface area contributed by atoms with E-state index in [0.29, 0.717) is 5.56 Å². The van der Waals surface area contributed by atoms with Gasteiger partial charge in [-0.25, -0.2) is 8.42 Å². The van der Waals surface area contributed by atoms with Gasteiger partial charge in [-0.15, -0.1) is 0 Å². The van der Waals surface area contributed by atoms with Crippen LogP contribution in [0.2, 0.25) is 5.02 Å². The highest BCUT2D eigenvalue weighted by Crippen LogP contribution is 2.34. The lowest BCUT2D eigenvalue weighted by atomic mass is 10.2. The zero-order valence-electron chi connectivity index (χ0n) is 12.6. The van der Waals surface area contributed by atoms with Gasteiger partial charge in [-0.3, -0.25) is 14.4 Å². The average molecular weight is 355 g/mol. The summed E-state index contributed by atoms with van der Waals surface area (Å²) in [6.07, 6.45) is 0. The molecule has 0 aromatic heterocycles. The molecule has 0 saturated carbocycles. The van der Waals surface area contributed by atoms with E-state index in [0.717, 1.165) is 10.4 Å². The Morgan fingerprint density at radius 2 is 1.87 bits per heavy atom. The molecule has 0 aliphatic heterocycles. The van der Waals surface area contributed by atoms with Crippen LogP contribution < -0.4 is 4.31 Å². The van der Waals surface area contributed by atoms with Crippen molar-refractivity contribution in [3.05, 3.63) is 63.2 Å². The first-order valence-corrected chi connectivity index (χ1v) is 8.63. The number of benzene rings is 2. The highest BCUT2D eigenvalue weighted by Gasteiger charge is 2.30. The molecule has 6 nitrogen and oxygen atoms in total. The van der Waals surface area contributed by atoms with E-state index < -0.39 is 14.9 Å². The van der Waals surface area contributed by atoms with Crippen LogP contribution in [0.1, 0.15) is 12.5 Å². The van der Waals surface area contributed by atoms with Gasteiger partial charge in [0.15, 0.2) is 0 Å². The van der Waals surface area contributed by atoms with Crippen molar-refractivity contribution in [2.45, 2.75) is 18.7 Å². The van der Waals surface area contributed by atoms with E-state index >= 15 is 0 Å². The van der Waals surface area contributed by atoms with Gasteiger partial charge >= 0.3 is 0 Å². The van der Waals surface area contributed by atoms with E-state index in [1.54, 1.807) is 32.0 Å². The maximum Gasteiger partial charge on any atom is 0.295 e. The Labute approximate surface area is 139 Å². The monoisotopic (exact) mass is 354 g/mol. The van der Waals surface area contributed by atoms with Gasteiger partial charge in [0.05, 0.1) is 9.82 Å². The number of halogens is 1. The number of nitrogens with zero attached hydrogens (tertiary/aromatic N) is 2. The number of rotatable bonds is 5. The molecule has 0 amide bonds. The number of hydrogen-bond donors (Lipinski definition) is 0. The highest BCUT2D eigenvalue weighted by molar-refractivity contribution is 7.92. The third kappa shape index (κ3) is 3.30. The molecule has 0 atom stereocenters. The van der Waals surface area contributed by atoms with Crippen LogP contribution >= 0.6 is 11.6 Å². The van der Waals surface area contributed by atoms with Crippen molar-refractivity contribution in [3.63, 3.8) is 0 Å². The third-order valence-electron chi connectivity index (χ3n) is 3.35. The second kappa shape index (κ2) is 6.55. The lowest BCUT2D eigenvalue weighted by Crippen LogP contribution is -2.31. The minimum Gasteiger partial charge on any atom is -0.260 e. The van der Waals surface area contributed by atoms with Crippen molar-refractivity contribution in [2.24, 2.45) is 0 Å². The van der Waals surface area contributed by atoms with Gasteiger partial charge < -0.3 is 0 Å². The van der Waals surface area contributed by atoms with Crippen molar-refractivity contribution in [1.82, 2.24) is 0 Å². The van der Waals surface area contributed by atoms with Crippen LogP contribution in [0.15, 0.2) is 47.4 Å². The van der Waals surface area contributed by atoms with Gasteiger partial charge in [-0.05, 0) is 37.6 Å². The first-order chi connectivity index (χ1) is 10.8. The van der Waals surface area contributed by atoms with Crippen molar-refractivity contribution >= 4 is 33.0 Å². The first-order valence-electron chi connectivity index (χ1n) is 6.81. The fourth-order valence-corrected chi connectivity index (χ4v) is 4.17. The molecule has 0 fully saturated rings. The molecular formula is C15H15ClN2O4S. The lowest BCUT2D eigenvalue weighted by Gasteiger charge is -2.23. The summed E-state index contributed by atoms with van der Waals surface area (Å²) in [5, 5.41) is 11.4. The fraction of sp³-hybridized carbons (Fsp3) is 0.200. The molecule has 8 heteroatoms. The van der Waals surface area contributed by atoms with Crippen LogP contribution in [-0.4, -0.2) is 19.9 Å². The molecule has 0 saturated heterocycles. The van der Waals surface area contributed by atoms with Crippen LogP contribution in [-0.2, 0) is 10.0 Å². The van der Waals surface area contributed by atoms with E-state index in [1.165, 1.54) is 18.2 Å². The van der Waals surface area contributed by atoms with Crippen LogP contribution in [0, 0.1) is 17.0 Å². The molecule has 2 rings (SSSR count). The van der Waals surface area contributed by atoms with Crippen LogP contribution in [0.5, 0.6) is 0 Å². The van der Waals surface area contributed by atoms with E-state index in [2.05, 4.69) is 0 Å². The zero-order valence-corrected chi connectivity index (χ0v) is 14.1. The molecule has 0 spiro atoms. The minimum absolute atomic E-state index is 0.00912. The number of sulfonamides is 1. The van der Waals surface area contributed by atoms with E-state index in [9.17, 15) is 18.5 Å². The molecule has 2 aromatic carbocycles. The summed E-state index contributed by atoms with van der Waals surface area (Å²) in [5.41, 5.74) is 0.212. The predicted octanol–water partition coefficient (Wildman–Crippen LogP) is 3.77. The summed E-state index contributed by atoms with van der Waals surface area (Å²) in [4.78, 5) is 10.7. The predicted molar refractivity (Wildman–Crippen MR) is 89.5 cm³/mol. The SMILES string of the molecule is CCN(c1ccc(Cl)cc1[N+](=O)[O-])S(=O)(=O)c1ccccc1C. The largest absolute Gasteiger partial charge is 0.295 e. The topological polar surface area (TPSA) is 80.5 Å². The number of nitro groups is 1. The Balaban J connectivity index is 2.66. The quantitative estimate of drug-likeness (QED) is 0.604. The van der Waals surface area contributed by atoms with E-state index in [4.69, 9.17) is 11.6 Å². The van der Waals surface area contributed by atoms with Crippen LogP contribution in [0.25, 0.3) is 0 Å². The summed E-state index contributed by atoms with van der Waals surface area (Å²) in [6.45, 7) is 3.35. The molecule has 23 heavy (non-hydrogen) atoms. The van der Waals surface area contributed by atoms with Gasteiger partial charge in [0, 0.05) is 17.6 Å². The minimum atomic E-state index is -3.92. The maximum absolute atomic E-state index is 12.9. The lowest BCUT2D eigenvalue weighted by molar-refractivity contribution is -0.384. The van der Waals surface area contributed by atoms with Gasteiger partial charge in [-0.1, -0.05) is 29.8 Å². The number of anilines is 1. The third-order valence-corrected chi connectivity index (χ3v) is 5.64. The van der Waals surface area contributed by atoms with Gasteiger partial charge in [-0.2, -0.15) is 0 Å². The van der Waals surface area contributed by atoms with Crippen LogP contribution in [0.4, 0.5) is 11.4 Å². The standard InChI is InChI=1S/C15H15ClN2O4S/c1-3-17(13-9-8-12(16)10-14(13)18(19)20)23(21,22)15-7-5-4-6-11(15)2/h4-10H,3H2,1-2H3. The van der Waals surface area contributed by atoms with Crippen molar-refractivity contribution < 1.29 is 13.3 Å². The molecule has 0 heterocycles. The number of aryl methyl sites for hydroxylation is 1. The average Bonchev–Trinajstić information content (AvgIpc) is 2.49. The maximum atomic E-state index is 12.9. The molecule has 2 aromatic rings. The Bertz CT molecular complexity index is 852. The Kier molecular flexibility index (Phi) is 4.91. The Morgan fingerprint density at radius 3 is 2.43 bits per heavy atom. The summed E-state index contributed by atoms with van der Waals surface area (Å²) in [7, 11) is -3.92. The molecular weight excluding hydrogens is 340 g/mol. The van der Waals surface area contributed by atoms with Gasteiger partial charge in [0.1, 0.15) is 5.69 Å². The molecule has 0 bridgehead atoms. The summed E-state index contributed by atoms with van der Waals surface area (Å²) < 4.78 is 26.8. The highest BCUT2D eigenvalue weighted by atomic mass is 35.5. The second-order valence-corrected chi connectivity index (χ2v) is 7.09. The second-order valence-electron chi connectivity index (χ2n) is 4.83. The van der Waals surface area contributed by atoms with Gasteiger partial charge in [0.2, 0.25) is 0 Å². The fourth-order valence-electron chi connectivity index (χ4n) is 2.29. The summed E-state index contributed by atoms with van der Waals surface area (Å²) in [6, 6.07) is 10.4. The smallest absolute Gasteiger partial charge is 0.260 e. The molecule has 0 radical (unpaired) electrons. The zero-order chi connectivity index (χ0) is 17.2.